The standard InChI is InChI=1S/C17H15N3OS/c1-11-15(16(21)20-12-7-3-2-4-8-12)22-17(19-11)13-9-5-6-10-14(13)18/h2-10H,18H2,1H3,(H,20,21). The van der Waals surface area contributed by atoms with Crippen LogP contribution in [0.4, 0.5) is 11.4 Å². The first-order valence-electron chi connectivity index (χ1n) is 6.84. The van der Waals surface area contributed by atoms with Crippen molar-refractivity contribution in [2.45, 2.75) is 6.92 Å². The van der Waals surface area contributed by atoms with Gasteiger partial charge in [0, 0.05) is 16.9 Å². The summed E-state index contributed by atoms with van der Waals surface area (Å²) >= 11 is 1.35. The van der Waals surface area contributed by atoms with Gasteiger partial charge in [0.25, 0.3) is 5.91 Å². The van der Waals surface area contributed by atoms with Crippen molar-refractivity contribution in [1.29, 1.82) is 0 Å². The summed E-state index contributed by atoms with van der Waals surface area (Å²) < 4.78 is 0. The van der Waals surface area contributed by atoms with Gasteiger partial charge in [-0.05, 0) is 31.2 Å². The lowest BCUT2D eigenvalue weighted by Crippen LogP contribution is -2.11. The Morgan fingerprint density at radius 3 is 2.50 bits per heavy atom. The van der Waals surface area contributed by atoms with Crippen LogP contribution in [-0.4, -0.2) is 10.9 Å². The number of nitrogens with two attached hydrogens (primary N) is 1. The van der Waals surface area contributed by atoms with Gasteiger partial charge in [-0.25, -0.2) is 4.98 Å². The van der Waals surface area contributed by atoms with E-state index in [-0.39, 0.29) is 5.91 Å². The summed E-state index contributed by atoms with van der Waals surface area (Å²) in [7, 11) is 0. The van der Waals surface area contributed by atoms with E-state index >= 15 is 0 Å². The van der Waals surface area contributed by atoms with Crippen LogP contribution in [0.5, 0.6) is 0 Å². The Kier molecular flexibility index (Phi) is 3.89. The lowest BCUT2D eigenvalue weighted by molar-refractivity contribution is 0.103. The molecule has 3 aromatic rings. The molecule has 5 heteroatoms. The molecule has 0 radical (unpaired) electrons. The highest BCUT2D eigenvalue weighted by Crippen LogP contribution is 2.31. The third-order valence-corrected chi connectivity index (χ3v) is 4.42. The molecule has 0 unspecified atom stereocenters. The zero-order valence-electron chi connectivity index (χ0n) is 12.0. The smallest absolute Gasteiger partial charge is 0.267 e. The molecule has 2 aromatic carbocycles. The van der Waals surface area contributed by atoms with Crippen LogP contribution in [-0.2, 0) is 0 Å². The van der Waals surface area contributed by atoms with Gasteiger partial charge in [-0.1, -0.05) is 30.3 Å². The van der Waals surface area contributed by atoms with Crippen molar-refractivity contribution in [3.05, 3.63) is 65.2 Å². The average molecular weight is 309 g/mol. The first kappa shape index (κ1) is 14.3. The Morgan fingerprint density at radius 1 is 1.09 bits per heavy atom. The van der Waals surface area contributed by atoms with E-state index in [0.29, 0.717) is 16.3 Å². The molecule has 0 saturated heterocycles. The molecule has 0 saturated carbocycles. The monoisotopic (exact) mass is 309 g/mol. The van der Waals surface area contributed by atoms with Gasteiger partial charge in [0.1, 0.15) is 9.88 Å². The number of nitrogen functional groups attached to an aromatic ring is 1. The van der Waals surface area contributed by atoms with Gasteiger partial charge in [-0.2, -0.15) is 0 Å². The van der Waals surface area contributed by atoms with Crippen LogP contribution in [0.3, 0.4) is 0 Å². The summed E-state index contributed by atoms with van der Waals surface area (Å²) in [5.74, 6) is -0.151. The van der Waals surface area contributed by atoms with Crippen molar-refractivity contribution in [1.82, 2.24) is 4.98 Å². The van der Waals surface area contributed by atoms with Crippen molar-refractivity contribution < 1.29 is 4.79 Å². The number of aromatic nitrogens is 1. The van der Waals surface area contributed by atoms with E-state index < -0.39 is 0 Å². The van der Waals surface area contributed by atoms with E-state index in [4.69, 9.17) is 5.73 Å². The van der Waals surface area contributed by atoms with Crippen LogP contribution >= 0.6 is 11.3 Å². The molecule has 4 nitrogen and oxygen atoms in total. The predicted molar refractivity (Wildman–Crippen MR) is 91.1 cm³/mol. The number of nitrogens with zero attached hydrogens (tertiary/aromatic N) is 1. The van der Waals surface area contributed by atoms with Gasteiger partial charge in [-0.3, -0.25) is 4.79 Å². The van der Waals surface area contributed by atoms with Crippen LogP contribution in [0.25, 0.3) is 10.6 Å². The SMILES string of the molecule is Cc1nc(-c2ccccc2N)sc1C(=O)Nc1ccccc1. The van der Waals surface area contributed by atoms with Crippen molar-refractivity contribution in [3.8, 4) is 10.6 Å². The van der Waals surface area contributed by atoms with Gasteiger partial charge in [-0.15, -0.1) is 11.3 Å². The molecule has 3 N–H and O–H groups in total. The number of anilines is 2. The quantitative estimate of drug-likeness (QED) is 0.720. The molecule has 22 heavy (non-hydrogen) atoms. The summed E-state index contributed by atoms with van der Waals surface area (Å²) in [5.41, 5.74) is 8.96. The minimum absolute atomic E-state index is 0.151. The number of nitrogens with one attached hydrogen (secondary N) is 1. The maximum absolute atomic E-state index is 12.4. The number of rotatable bonds is 3. The van der Waals surface area contributed by atoms with E-state index in [1.165, 1.54) is 11.3 Å². The normalized spacial score (nSPS) is 10.4. The molecule has 0 aliphatic rings. The molecule has 0 fully saturated rings. The maximum Gasteiger partial charge on any atom is 0.267 e. The van der Waals surface area contributed by atoms with E-state index in [2.05, 4.69) is 10.3 Å². The largest absolute Gasteiger partial charge is 0.398 e. The fourth-order valence-corrected chi connectivity index (χ4v) is 3.13. The summed E-state index contributed by atoms with van der Waals surface area (Å²) in [6, 6.07) is 16.9. The number of thiazole rings is 1. The third kappa shape index (κ3) is 2.84. The molecule has 0 aliphatic carbocycles. The van der Waals surface area contributed by atoms with Crippen molar-refractivity contribution >= 4 is 28.6 Å². The first-order valence-corrected chi connectivity index (χ1v) is 7.65. The zero-order valence-corrected chi connectivity index (χ0v) is 12.9. The summed E-state index contributed by atoms with van der Waals surface area (Å²) in [6.07, 6.45) is 0. The average Bonchev–Trinajstić information content (AvgIpc) is 2.90. The summed E-state index contributed by atoms with van der Waals surface area (Å²) in [4.78, 5) is 17.5. The Labute approximate surface area is 132 Å². The minimum atomic E-state index is -0.151. The summed E-state index contributed by atoms with van der Waals surface area (Å²) in [5, 5.41) is 3.64. The lowest BCUT2D eigenvalue weighted by atomic mass is 10.2. The molecule has 3 rings (SSSR count). The van der Waals surface area contributed by atoms with E-state index in [9.17, 15) is 4.79 Å². The fourth-order valence-electron chi connectivity index (χ4n) is 2.12. The van der Waals surface area contributed by atoms with E-state index in [1.807, 2.05) is 61.5 Å². The minimum Gasteiger partial charge on any atom is -0.398 e. The maximum atomic E-state index is 12.4. The first-order chi connectivity index (χ1) is 10.6. The second-order valence-corrected chi connectivity index (χ2v) is 5.84. The molecular weight excluding hydrogens is 294 g/mol. The van der Waals surface area contributed by atoms with Gasteiger partial charge >= 0.3 is 0 Å². The Hall–Kier alpha value is -2.66. The highest BCUT2D eigenvalue weighted by atomic mass is 32.1. The molecule has 1 amide bonds. The fraction of sp³-hybridized carbons (Fsp3) is 0.0588. The Balaban J connectivity index is 1.90. The van der Waals surface area contributed by atoms with Gasteiger partial charge in [0.05, 0.1) is 5.69 Å². The van der Waals surface area contributed by atoms with Crippen LogP contribution < -0.4 is 11.1 Å². The molecule has 0 aliphatic heterocycles. The highest BCUT2D eigenvalue weighted by Gasteiger charge is 2.17. The number of aryl methyl sites for hydroxylation is 1. The van der Waals surface area contributed by atoms with Crippen molar-refractivity contribution in [2.24, 2.45) is 0 Å². The lowest BCUT2D eigenvalue weighted by Gasteiger charge is -2.03. The number of hydrogen-bond donors (Lipinski definition) is 2. The highest BCUT2D eigenvalue weighted by molar-refractivity contribution is 7.17. The van der Waals surface area contributed by atoms with Crippen molar-refractivity contribution in [2.75, 3.05) is 11.1 Å². The molecule has 110 valence electrons. The Bertz CT molecular complexity index is 812. The number of hydrogen-bond acceptors (Lipinski definition) is 4. The van der Waals surface area contributed by atoms with Gasteiger partial charge in [0.15, 0.2) is 0 Å². The van der Waals surface area contributed by atoms with E-state index in [1.54, 1.807) is 0 Å². The number of para-hydroxylation sites is 2. The number of benzene rings is 2. The Morgan fingerprint density at radius 2 is 1.77 bits per heavy atom. The van der Waals surface area contributed by atoms with Crippen LogP contribution in [0.1, 0.15) is 15.4 Å². The zero-order chi connectivity index (χ0) is 15.5. The second kappa shape index (κ2) is 5.99. The molecule has 0 bridgehead atoms. The predicted octanol–water partition coefficient (Wildman–Crippen LogP) is 3.95. The van der Waals surface area contributed by atoms with Gasteiger partial charge < -0.3 is 11.1 Å². The van der Waals surface area contributed by atoms with Crippen molar-refractivity contribution in [3.63, 3.8) is 0 Å². The molecule has 1 aromatic heterocycles. The molecular formula is C17H15N3OS. The van der Waals surface area contributed by atoms with Crippen LogP contribution in [0, 0.1) is 6.92 Å². The topological polar surface area (TPSA) is 68.0 Å². The van der Waals surface area contributed by atoms with Crippen LogP contribution in [0.2, 0.25) is 0 Å². The molecule has 0 atom stereocenters. The number of carbonyl (C=O) groups excluding carboxylic acids is 1. The van der Waals surface area contributed by atoms with Crippen LogP contribution in [0.15, 0.2) is 54.6 Å². The van der Waals surface area contributed by atoms with E-state index in [0.717, 1.165) is 16.3 Å². The molecule has 1 heterocycles. The number of amides is 1. The third-order valence-electron chi connectivity index (χ3n) is 3.23. The second-order valence-electron chi connectivity index (χ2n) is 4.84. The number of carbonyl (C=O) groups is 1. The summed E-state index contributed by atoms with van der Waals surface area (Å²) in [6.45, 7) is 1.83. The van der Waals surface area contributed by atoms with Gasteiger partial charge in [0.2, 0.25) is 0 Å². The molecule has 0 spiro atoms.